The second-order valence-electron chi connectivity index (χ2n) is 6.66. The molecule has 1 N–H and O–H groups in total. The van der Waals surface area contributed by atoms with Crippen LogP contribution in [0.1, 0.15) is 52.3 Å². The topological polar surface area (TPSA) is 38.1 Å². The summed E-state index contributed by atoms with van der Waals surface area (Å²) >= 11 is 0. The lowest BCUT2D eigenvalue weighted by atomic mass is 9.79. The van der Waals surface area contributed by atoms with E-state index in [-0.39, 0.29) is 0 Å². The fourth-order valence-corrected chi connectivity index (χ4v) is 3.42. The second-order valence-corrected chi connectivity index (χ2v) is 6.66. The minimum Gasteiger partial charge on any atom is -0.441 e. The molecule has 2 atom stereocenters. The Morgan fingerprint density at radius 2 is 2.19 bits per heavy atom. The Kier molecular flexibility index (Phi) is 4.18. The van der Waals surface area contributed by atoms with Crippen molar-refractivity contribution in [2.45, 2.75) is 58.9 Å². The Hall–Kier alpha value is -1.51. The molecule has 0 aliphatic heterocycles. The van der Waals surface area contributed by atoms with Crippen LogP contribution in [0.15, 0.2) is 22.6 Å². The van der Waals surface area contributed by atoms with Crippen molar-refractivity contribution in [3.63, 3.8) is 0 Å². The molecule has 0 saturated heterocycles. The molecule has 2 aromatic rings. The van der Waals surface area contributed by atoms with E-state index in [4.69, 9.17) is 4.42 Å². The van der Waals surface area contributed by atoms with E-state index in [9.17, 15) is 0 Å². The summed E-state index contributed by atoms with van der Waals surface area (Å²) in [4.78, 5) is 4.52. The van der Waals surface area contributed by atoms with Crippen LogP contribution in [0.2, 0.25) is 0 Å². The predicted octanol–water partition coefficient (Wildman–Crippen LogP) is 5.02. The molecular weight excluding hydrogens is 260 g/mol. The maximum absolute atomic E-state index is 5.67. The first kappa shape index (κ1) is 14.4. The predicted molar refractivity (Wildman–Crippen MR) is 87.6 cm³/mol. The van der Waals surface area contributed by atoms with Crippen molar-refractivity contribution >= 4 is 16.8 Å². The highest BCUT2D eigenvalue weighted by molar-refractivity contribution is 5.77. The maximum Gasteiger partial charge on any atom is 0.195 e. The van der Waals surface area contributed by atoms with Gasteiger partial charge in [0, 0.05) is 18.2 Å². The van der Waals surface area contributed by atoms with Gasteiger partial charge in [0.1, 0.15) is 5.52 Å². The van der Waals surface area contributed by atoms with Crippen LogP contribution >= 0.6 is 0 Å². The van der Waals surface area contributed by atoms with E-state index in [1.165, 1.54) is 31.4 Å². The van der Waals surface area contributed by atoms with Crippen LogP contribution < -0.4 is 5.32 Å². The number of hydrogen-bond acceptors (Lipinski definition) is 3. The number of nitrogens with zero attached hydrogens (tertiary/aromatic N) is 1. The van der Waals surface area contributed by atoms with Crippen LogP contribution in [0.4, 0.5) is 5.69 Å². The third-order valence-corrected chi connectivity index (χ3v) is 4.76. The van der Waals surface area contributed by atoms with Crippen LogP contribution in [0.5, 0.6) is 0 Å². The van der Waals surface area contributed by atoms with Crippen LogP contribution in [0.25, 0.3) is 11.1 Å². The minimum atomic E-state index is 0.598. The molecule has 1 saturated carbocycles. The third-order valence-electron chi connectivity index (χ3n) is 4.76. The lowest BCUT2D eigenvalue weighted by Crippen LogP contribution is -2.29. The molecule has 0 radical (unpaired) electrons. The van der Waals surface area contributed by atoms with Crippen LogP contribution in [0, 0.1) is 11.8 Å². The van der Waals surface area contributed by atoms with E-state index >= 15 is 0 Å². The molecule has 2 unspecified atom stereocenters. The fraction of sp³-hybridized carbons (Fsp3) is 0.611. The molecule has 1 aliphatic carbocycles. The van der Waals surface area contributed by atoms with E-state index in [1.54, 1.807) is 0 Å². The Labute approximate surface area is 127 Å². The summed E-state index contributed by atoms with van der Waals surface area (Å²) in [7, 11) is 0. The number of fused-ring (bicyclic) bond motifs is 1. The molecule has 1 fully saturated rings. The van der Waals surface area contributed by atoms with Crippen molar-refractivity contribution in [2.75, 3.05) is 5.32 Å². The quantitative estimate of drug-likeness (QED) is 0.858. The first-order valence-electron chi connectivity index (χ1n) is 8.31. The Balaban J connectivity index is 1.72. The average molecular weight is 286 g/mol. The standard InChI is InChI=1S/C18H26N2O/c1-4-18-20-16-11-15(8-9-17(16)21-18)19-14-7-5-6-13(10-14)12(2)3/h8-9,11-14,19H,4-7,10H2,1-3H3. The Morgan fingerprint density at radius 3 is 2.95 bits per heavy atom. The molecule has 3 heteroatoms. The molecular formula is C18H26N2O. The number of anilines is 1. The molecule has 21 heavy (non-hydrogen) atoms. The lowest BCUT2D eigenvalue weighted by Gasteiger charge is -2.32. The molecule has 114 valence electrons. The van der Waals surface area contributed by atoms with Gasteiger partial charge in [0.2, 0.25) is 0 Å². The second kappa shape index (κ2) is 6.08. The summed E-state index contributed by atoms with van der Waals surface area (Å²) < 4.78 is 5.67. The smallest absolute Gasteiger partial charge is 0.195 e. The van der Waals surface area contributed by atoms with E-state index in [0.29, 0.717) is 6.04 Å². The van der Waals surface area contributed by atoms with Crippen molar-refractivity contribution in [2.24, 2.45) is 11.8 Å². The zero-order valence-corrected chi connectivity index (χ0v) is 13.4. The van der Waals surface area contributed by atoms with E-state index in [1.807, 2.05) is 6.07 Å². The van der Waals surface area contributed by atoms with E-state index in [0.717, 1.165) is 35.2 Å². The minimum absolute atomic E-state index is 0.598. The fourth-order valence-electron chi connectivity index (χ4n) is 3.42. The molecule has 0 amide bonds. The summed E-state index contributed by atoms with van der Waals surface area (Å²) in [6.07, 6.45) is 6.13. The number of rotatable bonds is 4. The van der Waals surface area contributed by atoms with Crippen molar-refractivity contribution in [3.05, 3.63) is 24.1 Å². The zero-order chi connectivity index (χ0) is 14.8. The first-order valence-corrected chi connectivity index (χ1v) is 8.31. The summed E-state index contributed by atoms with van der Waals surface area (Å²) in [6, 6.07) is 6.87. The van der Waals surface area contributed by atoms with Gasteiger partial charge in [-0.25, -0.2) is 4.98 Å². The summed E-state index contributed by atoms with van der Waals surface area (Å²) in [5.74, 6) is 2.47. The van der Waals surface area contributed by atoms with Gasteiger partial charge >= 0.3 is 0 Å². The first-order chi connectivity index (χ1) is 10.2. The highest BCUT2D eigenvalue weighted by Crippen LogP contribution is 2.32. The van der Waals surface area contributed by atoms with Crippen molar-refractivity contribution in [3.8, 4) is 0 Å². The van der Waals surface area contributed by atoms with Gasteiger partial charge in [0.05, 0.1) is 0 Å². The van der Waals surface area contributed by atoms with Crippen LogP contribution in [0.3, 0.4) is 0 Å². The van der Waals surface area contributed by atoms with Gasteiger partial charge in [-0.05, 0) is 42.9 Å². The van der Waals surface area contributed by atoms with Gasteiger partial charge in [-0.3, -0.25) is 0 Å². The molecule has 3 rings (SSSR count). The molecule has 1 aromatic heterocycles. The van der Waals surface area contributed by atoms with Crippen molar-refractivity contribution in [1.82, 2.24) is 4.98 Å². The van der Waals surface area contributed by atoms with Gasteiger partial charge < -0.3 is 9.73 Å². The molecule has 1 aromatic carbocycles. The lowest BCUT2D eigenvalue weighted by molar-refractivity contribution is 0.264. The number of aryl methyl sites for hydroxylation is 1. The Morgan fingerprint density at radius 1 is 1.33 bits per heavy atom. The number of aromatic nitrogens is 1. The number of benzene rings is 1. The largest absolute Gasteiger partial charge is 0.441 e. The zero-order valence-electron chi connectivity index (χ0n) is 13.4. The summed E-state index contributed by atoms with van der Waals surface area (Å²) in [6.45, 7) is 6.76. The third kappa shape index (κ3) is 3.22. The SMILES string of the molecule is CCc1nc2cc(NC3CCCC(C(C)C)C3)ccc2o1. The number of nitrogens with one attached hydrogen (secondary N) is 1. The van der Waals surface area contributed by atoms with Gasteiger partial charge in [-0.2, -0.15) is 0 Å². The monoisotopic (exact) mass is 286 g/mol. The molecule has 0 bridgehead atoms. The highest BCUT2D eigenvalue weighted by Gasteiger charge is 2.24. The highest BCUT2D eigenvalue weighted by atomic mass is 16.3. The normalized spacial score (nSPS) is 22.9. The molecule has 0 spiro atoms. The van der Waals surface area contributed by atoms with E-state index in [2.05, 4.69) is 43.2 Å². The summed E-state index contributed by atoms with van der Waals surface area (Å²) in [5, 5.41) is 3.70. The summed E-state index contributed by atoms with van der Waals surface area (Å²) in [5.41, 5.74) is 3.03. The average Bonchev–Trinajstić information content (AvgIpc) is 2.90. The van der Waals surface area contributed by atoms with Crippen LogP contribution in [-0.2, 0) is 6.42 Å². The van der Waals surface area contributed by atoms with Crippen LogP contribution in [-0.4, -0.2) is 11.0 Å². The van der Waals surface area contributed by atoms with Gasteiger partial charge in [0.25, 0.3) is 0 Å². The molecule has 1 heterocycles. The van der Waals surface area contributed by atoms with Crippen molar-refractivity contribution < 1.29 is 4.42 Å². The van der Waals surface area contributed by atoms with Gasteiger partial charge in [-0.1, -0.05) is 33.6 Å². The number of oxazole rings is 1. The molecule has 1 aliphatic rings. The van der Waals surface area contributed by atoms with Gasteiger partial charge in [0.15, 0.2) is 11.5 Å². The molecule has 3 nitrogen and oxygen atoms in total. The van der Waals surface area contributed by atoms with E-state index < -0.39 is 0 Å². The van der Waals surface area contributed by atoms with Gasteiger partial charge in [-0.15, -0.1) is 0 Å². The maximum atomic E-state index is 5.67. The number of hydrogen-bond donors (Lipinski definition) is 1. The van der Waals surface area contributed by atoms with Crippen molar-refractivity contribution in [1.29, 1.82) is 0 Å². The Bertz CT molecular complexity index is 602.